The van der Waals surface area contributed by atoms with Crippen molar-refractivity contribution in [3.63, 3.8) is 0 Å². The molecule has 0 radical (unpaired) electrons. The van der Waals surface area contributed by atoms with Gasteiger partial charge in [-0.15, -0.1) is 0 Å². The molecule has 0 spiro atoms. The fourth-order valence-corrected chi connectivity index (χ4v) is 3.68. The molecule has 0 aromatic heterocycles. The van der Waals surface area contributed by atoms with E-state index in [0.717, 1.165) is 5.56 Å². The monoisotopic (exact) mass is 511 g/mol. The second kappa shape index (κ2) is 16.9. The first-order valence-electron chi connectivity index (χ1n) is 11.5. The number of carbonyl (C=O) groups is 4. The molecule has 0 fully saturated rings. The summed E-state index contributed by atoms with van der Waals surface area (Å²) in [5, 5.41) is 26.6. The fourth-order valence-electron chi connectivity index (χ4n) is 3.21. The van der Waals surface area contributed by atoms with E-state index in [9.17, 15) is 29.4 Å². The minimum Gasteiger partial charge on any atom is -0.480 e. The minimum absolute atomic E-state index is 0.0719. The molecule has 0 saturated heterocycles. The van der Waals surface area contributed by atoms with E-state index in [1.54, 1.807) is 30.3 Å². The molecular formula is C23H37N5O6S. The first-order valence-corrected chi connectivity index (χ1v) is 12.9. The molecule has 0 bridgehead atoms. The highest BCUT2D eigenvalue weighted by Crippen LogP contribution is 2.07. The van der Waals surface area contributed by atoms with Crippen LogP contribution in [0.25, 0.3) is 0 Å². The van der Waals surface area contributed by atoms with E-state index in [4.69, 9.17) is 11.5 Å². The number of carboxylic acids is 1. The van der Waals surface area contributed by atoms with E-state index in [-0.39, 0.29) is 12.8 Å². The average molecular weight is 512 g/mol. The highest BCUT2D eigenvalue weighted by Gasteiger charge is 2.30. The number of aliphatic hydroxyl groups excluding tert-OH is 1. The quantitative estimate of drug-likeness (QED) is 0.128. The highest BCUT2D eigenvalue weighted by molar-refractivity contribution is 7.98. The maximum Gasteiger partial charge on any atom is 0.326 e. The Morgan fingerprint density at radius 2 is 1.51 bits per heavy atom. The molecule has 0 heterocycles. The lowest BCUT2D eigenvalue weighted by Crippen LogP contribution is -2.58. The fraction of sp³-hybridized carbons (Fsp3) is 0.565. The molecule has 1 aromatic rings. The molecule has 4 atom stereocenters. The molecule has 0 aliphatic carbocycles. The van der Waals surface area contributed by atoms with E-state index < -0.39 is 54.5 Å². The van der Waals surface area contributed by atoms with Crippen LogP contribution in [0.3, 0.4) is 0 Å². The van der Waals surface area contributed by atoms with E-state index in [2.05, 4.69) is 16.0 Å². The van der Waals surface area contributed by atoms with Crippen LogP contribution in [-0.2, 0) is 25.6 Å². The van der Waals surface area contributed by atoms with Gasteiger partial charge in [-0.1, -0.05) is 36.8 Å². The minimum atomic E-state index is -1.31. The number of nitrogens with two attached hydrogens (primary N) is 2. The molecule has 35 heavy (non-hydrogen) atoms. The lowest BCUT2D eigenvalue weighted by molar-refractivity contribution is -0.142. The molecule has 11 nitrogen and oxygen atoms in total. The third-order valence-electron chi connectivity index (χ3n) is 5.26. The number of rotatable bonds is 17. The molecule has 3 amide bonds. The zero-order chi connectivity index (χ0) is 26.2. The van der Waals surface area contributed by atoms with Gasteiger partial charge in [-0.3, -0.25) is 14.4 Å². The van der Waals surface area contributed by atoms with Gasteiger partial charge in [-0.2, -0.15) is 11.8 Å². The summed E-state index contributed by atoms with van der Waals surface area (Å²) in [4.78, 5) is 49.7. The number of nitrogens with one attached hydrogen (secondary N) is 3. The standard InChI is InChI=1S/C23H37N5O6S/c1-35-12-10-17(21(31)27-18(23(33)34)13-15-7-3-2-4-8-15)26-22(32)19(14-29)28-20(30)16(25)9-5-6-11-24/h2-4,7-8,16-19,29H,5-6,9-14,24-25H2,1H3,(H,26,32)(H,27,31)(H,28,30)(H,33,34). The van der Waals surface area contributed by atoms with Gasteiger partial charge in [0.15, 0.2) is 0 Å². The van der Waals surface area contributed by atoms with Crippen LogP contribution < -0.4 is 27.4 Å². The van der Waals surface area contributed by atoms with Crippen molar-refractivity contribution in [1.29, 1.82) is 0 Å². The van der Waals surface area contributed by atoms with Crippen LogP contribution in [0, 0.1) is 0 Å². The Balaban J connectivity index is 2.82. The number of aliphatic carboxylic acids is 1. The Kier molecular flexibility index (Phi) is 14.6. The summed E-state index contributed by atoms with van der Waals surface area (Å²) < 4.78 is 0. The number of hydrogen-bond donors (Lipinski definition) is 7. The van der Waals surface area contributed by atoms with Gasteiger partial charge in [0.05, 0.1) is 12.6 Å². The number of hydrogen-bond acceptors (Lipinski definition) is 8. The lowest BCUT2D eigenvalue weighted by Gasteiger charge is -2.24. The highest BCUT2D eigenvalue weighted by atomic mass is 32.2. The van der Waals surface area contributed by atoms with E-state index in [1.165, 1.54) is 11.8 Å². The predicted octanol–water partition coefficient (Wildman–Crippen LogP) is -1.03. The van der Waals surface area contributed by atoms with E-state index in [1.807, 2.05) is 6.26 Å². The van der Waals surface area contributed by atoms with Gasteiger partial charge in [-0.05, 0) is 43.4 Å². The van der Waals surface area contributed by atoms with Crippen LogP contribution >= 0.6 is 11.8 Å². The van der Waals surface area contributed by atoms with Crippen LogP contribution in [0.2, 0.25) is 0 Å². The van der Waals surface area contributed by atoms with E-state index >= 15 is 0 Å². The predicted molar refractivity (Wildman–Crippen MR) is 135 cm³/mol. The molecule has 12 heteroatoms. The lowest BCUT2D eigenvalue weighted by atomic mass is 10.1. The summed E-state index contributed by atoms with van der Waals surface area (Å²) in [5.41, 5.74) is 12.0. The summed E-state index contributed by atoms with van der Waals surface area (Å²) in [7, 11) is 0. The van der Waals surface area contributed by atoms with Crippen molar-refractivity contribution in [2.45, 2.75) is 56.3 Å². The van der Waals surface area contributed by atoms with Crippen LogP contribution in [0.1, 0.15) is 31.2 Å². The van der Waals surface area contributed by atoms with Gasteiger partial charge in [0.2, 0.25) is 17.7 Å². The van der Waals surface area contributed by atoms with Gasteiger partial charge in [-0.25, -0.2) is 4.79 Å². The SMILES string of the molecule is CSCCC(NC(=O)C(CO)NC(=O)C(N)CCCCN)C(=O)NC(Cc1ccccc1)C(=O)O. The van der Waals surface area contributed by atoms with E-state index in [0.29, 0.717) is 31.6 Å². The summed E-state index contributed by atoms with van der Waals surface area (Å²) in [5.74, 6) is -2.74. The van der Waals surface area contributed by atoms with Crippen molar-refractivity contribution in [3.05, 3.63) is 35.9 Å². The Morgan fingerprint density at radius 3 is 2.09 bits per heavy atom. The van der Waals surface area contributed by atoms with Gasteiger partial charge >= 0.3 is 5.97 Å². The summed E-state index contributed by atoms with van der Waals surface area (Å²) in [6.07, 6.45) is 3.85. The van der Waals surface area contributed by atoms with Gasteiger partial charge in [0, 0.05) is 6.42 Å². The number of unbranched alkanes of at least 4 members (excludes halogenated alkanes) is 1. The average Bonchev–Trinajstić information content (AvgIpc) is 2.84. The summed E-state index contributed by atoms with van der Waals surface area (Å²) >= 11 is 1.45. The Labute approximate surface area is 209 Å². The van der Waals surface area contributed by atoms with Crippen molar-refractivity contribution in [2.24, 2.45) is 11.5 Å². The van der Waals surface area contributed by atoms with Crippen molar-refractivity contribution < 1.29 is 29.4 Å². The van der Waals surface area contributed by atoms with Crippen molar-refractivity contribution in [2.75, 3.05) is 25.2 Å². The number of carboxylic acid groups (broad SMARTS) is 1. The van der Waals surface area contributed by atoms with Crippen LogP contribution in [0.4, 0.5) is 0 Å². The smallest absolute Gasteiger partial charge is 0.326 e. The van der Waals surface area contributed by atoms with Crippen molar-refractivity contribution >= 4 is 35.5 Å². The van der Waals surface area contributed by atoms with Crippen LogP contribution in [0.15, 0.2) is 30.3 Å². The van der Waals surface area contributed by atoms with Crippen molar-refractivity contribution in [1.82, 2.24) is 16.0 Å². The first kappa shape index (κ1) is 30.4. The van der Waals surface area contributed by atoms with Gasteiger partial charge in [0.25, 0.3) is 0 Å². The molecule has 4 unspecified atom stereocenters. The van der Waals surface area contributed by atoms with Gasteiger partial charge in [0.1, 0.15) is 18.1 Å². The number of amides is 3. The van der Waals surface area contributed by atoms with Crippen LogP contribution in [-0.4, -0.2) is 83.2 Å². The normalized spacial score (nSPS) is 14.3. The number of benzene rings is 1. The second-order valence-electron chi connectivity index (χ2n) is 8.07. The largest absolute Gasteiger partial charge is 0.480 e. The number of thioether (sulfide) groups is 1. The zero-order valence-electron chi connectivity index (χ0n) is 19.9. The molecule has 1 rings (SSSR count). The maximum absolute atomic E-state index is 12.9. The van der Waals surface area contributed by atoms with Crippen LogP contribution in [0.5, 0.6) is 0 Å². The Bertz CT molecular complexity index is 813. The van der Waals surface area contributed by atoms with Gasteiger partial charge < -0.3 is 37.6 Å². The molecule has 9 N–H and O–H groups in total. The zero-order valence-corrected chi connectivity index (χ0v) is 20.8. The topological polar surface area (TPSA) is 197 Å². The molecule has 0 aliphatic heterocycles. The maximum atomic E-state index is 12.9. The summed E-state index contributed by atoms with van der Waals surface area (Å²) in [6.45, 7) is -0.223. The molecule has 1 aromatic carbocycles. The molecule has 0 saturated carbocycles. The Morgan fingerprint density at radius 1 is 0.914 bits per heavy atom. The molecular weight excluding hydrogens is 474 g/mol. The number of carbonyl (C=O) groups excluding carboxylic acids is 3. The molecule has 0 aliphatic rings. The molecule has 196 valence electrons. The van der Waals surface area contributed by atoms with Crippen molar-refractivity contribution in [3.8, 4) is 0 Å². The Hall–Kier alpha value is -2.67. The summed E-state index contributed by atoms with van der Waals surface area (Å²) in [6, 6.07) is 4.41. The third-order valence-corrected chi connectivity index (χ3v) is 5.91. The second-order valence-corrected chi connectivity index (χ2v) is 9.05. The third kappa shape index (κ3) is 11.5. The number of aliphatic hydroxyl groups is 1. The first-order chi connectivity index (χ1) is 16.7.